The number of aromatic hydroxyl groups is 1. The van der Waals surface area contributed by atoms with Crippen molar-refractivity contribution < 1.29 is 31.9 Å². The van der Waals surface area contributed by atoms with Crippen molar-refractivity contribution in [1.82, 2.24) is 9.97 Å². The van der Waals surface area contributed by atoms with Gasteiger partial charge in [0.1, 0.15) is 11.4 Å². The average Bonchev–Trinajstić information content (AvgIpc) is 2.75. The van der Waals surface area contributed by atoms with Crippen molar-refractivity contribution in [2.45, 2.75) is 20.3 Å². The molecule has 0 saturated heterocycles. The Hall–Kier alpha value is -3.82. The zero-order valence-corrected chi connectivity index (χ0v) is 16.8. The monoisotopic (exact) mass is 449 g/mol. The van der Waals surface area contributed by atoms with Crippen LogP contribution in [0.25, 0.3) is 17.3 Å². The van der Waals surface area contributed by atoms with Gasteiger partial charge in [-0.25, -0.2) is 31.9 Å². The van der Waals surface area contributed by atoms with Crippen molar-refractivity contribution in [3.05, 3.63) is 76.4 Å². The van der Waals surface area contributed by atoms with Crippen molar-refractivity contribution in [3.63, 3.8) is 0 Å². The average molecular weight is 449 g/mol. The Kier molecular flexibility index (Phi) is 6.52. The Morgan fingerprint density at radius 2 is 1.53 bits per heavy atom. The van der Waals surface area contributed by atoms with Crippen molar-refractivity contribution in [3.8, 4) is 17.0 Å². The largest absolute Gasteiger partial charge is 0.508 e. The van der Waals surface area contributed by atoms with Crippen LogP contribution in [0.5, 0.6) is 5.75 Å². The molecule has 3 aromatic rings. The van der Waals surface area contributed by atoms with Gasteiger partial charge in [-0.05, 0) is 44.2 Å². The molecule has 3 rings (SSSR count). The number of carbonyl (C=O) groups is 1. The van der Waals surface area contributed by atoms with Gasteiger partial charge >= 0.3 is 0 Å². The summed E-state index contributed by atoms with van der Waals surface area (Å²) in [5.41, 5.74) is 0.781. The topological polar surface area (TPSA) is 75.1 Å². The lowest BCUT2D eigenvalue weighted by molar-refractivity contribution is -0.115. The summed E-state index contributed by atoms with van der Waals surface area (Å²) in [7, 11) is 0. The van der Waals surface area contributed by atoms with Gasteiger partial charge in [0.05, 0.1) is 18.3 Å². The van der Waals surface area contributed by atoms with Gasteiger partial charge in [-0.2, -0.15) is 0 Å². The summed E-state index contributed by atoms with van der Waals surface area (Å²) in [5, 5.41) is 11.7. The van der Waals surface area contributed by atoms with Crippen molar-refractivity contribution in [2.24, 2.45) is 0 Å². The highest BCUT2D eigenvalue weighted by Gasteiger charge is 2.27. The van der Waals surface area contributed by atoms with Crippen LogP contribution in [0.2, 0.25) is 0 Å². The summed E-state index contributed by atoms with van der Waals surface area (Å²) < 4.78 is 67.7. The molecular weight excluding hydrogens is 433 g/mol. The minimum absolute atomic E-state index is 0.0586. The molecule has 166 valence electrons. The van der Waals surface area contributed by atoms with Crippen molar-refractivity contribution in [2.75, 3.05) is 5.32 Å². The third-order valence-electron chi connectivity index (χ3n) is 4.28. The fourth-order valence-corrected chi connectivity index (χ4v) is 2.79. The van der Waals surface area contributed by atoms with Gasteiger partial charge in [0, 0.05) is 11.1 Å². The van der Waals surface area contributed by atoms with E-state index in [4.69, 9.17) is 0 Å². The molecule has 0 saturated carbocycles. The highest BCUT2D eigenvalue weighted by molar-refractivity contribution is 5.93. The van der Waals surface area contributed by atoms with Crippen LogP contribution >= 0.6 is 0 Å². The van der Waals surface area contributed by atoms with E-state index in [1.807, 2.05) is 0 Å². The predicted molar refractivity (Wildman–Crippen MR) is 107 cm³/mol. The molecule has 0 aliphatic rings. The van der Waals surface area contributed by atoms with Gasteiger partial charge in [0.2, 0.25) is 11.7 Å². The first-order valence-electron chi connectivity index (χ1n) is 9.20. The van der Waals surface area contributed by atoms with E-state index in [0.29, 0.717) is 11.3 Å². The molecule has 0 fully saturated rings. The number of phenolic OH excluding ortho intramolecular Hbond substituents is 1. The van der Waals surface area contributed by atoms with Gasteiger partial charge in [0.25, 0.3) is 0 Å². The van der Waals surface area contributed by atoms with Crippen LogP contribution in [0.3, 0.4) is 0 Å². The third-order valence-corrected chi connectivity index (χ3v) is 4.28. The quantitative estimate of drug-likeness (QED) is 0.321. The van der Waals surface area contributed by atoms with Crippen LogP contribution in [0.1, 0.15) is 25.1 Å². The maximum absolute atomic E-state index is 13.9. The zero-order chi connectivity index (χ0) is 23.6. The highest BCUT2D eigenvalue weighted by atomic mass is 19.2. The fraction of sp³-hybridized carbons (Fsp3) is 0.136. The van der Waals surface area contributed by atoms with Crippen LogP contribution in [-0.4, -0.2) is 21.0 Å². The molecular formula is C22H16F5N3O2. The second-order valence-corrected chi connectivity index (χ2v) is 7.03. The number of hydrogen-bond donors (Lipinski definition) is 2. The maximum atomic E-state index is 13.9. The van der Waals surface area contributed by atoms with Gasteiger partial charge in [-0.1, -0.05) is 5.57 Å². The summed E-state index contributed by atoms with van der Waals surface area (Å²) in [5.74, 6) is -11.8. The lowest BCUT2D eigenvalue weighted by Gasteiger charge is -2.11. The normalized spacial score (nSPS) is 10.7. The molecule has 0 radical (unpaired) electrons. The molecule has 1 aromatic heterocycles. The van der Waals surface area contributed by atoms with E-state index in [0.717, 1.165) is 5.57 Å². The summed E-state index contributed by atoms with van der Waals surface area (Å²) in [6.07, 6.45) is 1.80. The molecule has 2 aromatic carbocycles. The van der Waals surface area contributed by atoms with Gasteiger partial charge < -0.3 is 10.4 Å². The van der Waals surface area contributed by atoms with E-state index < -0.39 is 47.0 Å². The molecule has 0 bridgehead atoms. The molecule has 5 nitrogen and oxygen atoms in total. The lowest BCUT2D eigenvalue weighted by atomic mass is 10.1. The van der Waals surface area contributed by atoms with E-state index in [1.165, 1.54) is 18.3 Å². The van der Waals surface area contributed by atoms with E-state index in [1.54, 1.807) is 32.1 Å². The lowest BCUT2D eigenvalue weighted by Crippen LogP contribution is -2.20. The number of anilines is 1. The molecule has 32 heavy (non-hydrogen) atoms. The number of rotatable bonds is 5. The SMILES string of the molecule is CC(C)=Cc1nc(-c2ccc(O)cc2)cnc1NC(=O)Cc1c(F)c(F)c(F)c(F)c1F. The number of aromatic nitrogens is 2. The minimum atomic E-state index is -2.30. The van der Waals surface area contributed by atoms with E-state index in [2.05, 4.69) is 15.3 Å². The second-order valence-electron chi connectivity index (χ2n) is 7.03. The molecule has 0 atom stereocenters. The first-order chi connectivity index (χ1) is 15.1. The van der Waals surface area contributed by atoms with E-state index >= 15 is 0 Å². The first kappa shape index (κ1) is 22.9. The number of hydrogen-bond acceptors (Lipinski definition) is 4. The Morgan fingerprint density at radius 3 is 2.09 bits per heavy atom. The summed E-state index contributed by atoms with van der Waals surface area (Å²) in [4.78, 5) is 20.8. The highest BCUT2D eigenvalue weighted by Crippen LogP contribution is 2.25. The van der Waals surface area contributed by atoms with Crippen LogP contribution in [0, 0.1) is 29.1 Å². The Morgan fingerprint density at radius 1 is 0.969 bits per heavy atom. The van der Waals surface area contributed by atoms with Crippen LogP contribution in [-0.2, 0) is 11.2 Å². The third kappa shape index (κ3) is 4.74. The maximum Gasteiger partial charge on any atom is 0.230 e. The number of phenols is 1. The number of nitrogens with zero attached hydrogens (tertiary/aromatic N) is 2. The van der Waals surface area contributed by atoms with Crippen molar-refractivity contribution in [1.29, 1.82) is 0 Å². The summed E-state index contributed by atoms with van der Waals surface area (Å²) in [6, 6.07) is 6.12. The number of allylic oxidation sites excluding steroid dienone is 1. The molecule has 10 heteroatoms. The van der Waals surface area contributed by atoms with Crippen LogP contribution < -0.4 is 5.32 Å². The minimum Gasteiger partial charge on any atom is -0.508 e. The van der Waals surface area contributed by atoms with Crippen molar-refractivity contribution >= 4 is 17.8 Å². The van der Waals surface area contributed by atoms with Gasteiger partial charge in [0.15, 0.2) is 29.1 Å². The molecule has 0 aliphatic heterocycles. The predicted octanol–water partition coefficient (Wildman–Crippen LogP) is 5.15. The number of benzene rings is 2. The van der Waals surface area contributed by atoms with Gasteiger partial charge in [-0.3, -0.25) is 4.79 Å². The Bertz CT molecular complexity index is 1190. The van der Waals surface area contributed by atoms with Crippen LogP contribution in [0.15, 0.2) is 36.0 Å². The number of carbonyl (C=O) groups excluding carboxylic acids is 1. The first-order valence-corrected chi connectivity index (χ1v) is 9.20. The fourth-order valence-electron chi connectivity index (χ4n) is 2.79. The zero-order valence-electron chi connectivity index (χ0n) is 16.8. The molecule has 0 aliphatic carbocycles. The Labute approximate surface area is 179 Å². The molecule has 0 spiro atoms. The smallest absolute Gasteiger partial charge is 0.230 e. The van der Waals surface area contributed by atoms with Crippen LogP contribution in [0.4, 0.5) is 27.8 Å². The summed E-state index contributed by atoms with van der Waals surface area (Å²) >= 11 is 0. The molecule has 2 N–H and O–H groups in total. The van der Waals surface area contributed by atoms with E-state index in [9.17, 15) is 31.9 Å². The Balaban J connectivity index is 1.92. The molecule has 1 amide bonds. The standard InChI is InChI=1S/C22H16F5N3O2/c1-10(2)7-14-22(28-9-15(29-14)11-3-5-12(31)6-4-11)30-16(32)8-13-17(23)19(25)21(27)20(26)18(13)24/h3-7,9,31H,8H2,1-2H3,(H,28,30,32). The second kappa shape index (κ2) is 9.13. The van der Waals surface area contributed by atoms with Gasteiger partial charge in [-0.15, -0.1) is 0 Å². The number of amides is 1. The van der Waals surface area contributed by atoms with E-state index in [-0.39, 0.29) is 17.3 Å². The number of nitrogens with one attached hydrogen (secondary N) is 1. The summed E-state index contributed by atoms with van der Waals surface area (Å²) in [6.45, 7) is 3.52. The molecule has 1 heterocycles. The molecule has 0 unspecified atom stereocenters. The number of halogens is 5.